The number of amides is 1. The van der Waals surface area contributed by atoms with Gasteiger partial charge in [-0.2, -0.15) is 5.10 Å². The number of hydrogen-bond donors (Lipinski definition) is 0. The molecule has 6 heteroatoms. The van der Waals surface area contributed by atoms with E-state index in [1.165, 1.54) is 5.56 Å². The van der Waals surface area contributed by atoms with Crippen LogP contribution in [0.5, 0.6) is 0 Å². The monoisotopic (exact) mass is 337 g/mol. The Morgan fingerprint density at radius 1 is 1.12 bits per heavy atom. The minimum Gasteiger partial charge on any atom is -0.353 e. The highest BCUT2D eigenvalue weighted by Crippen LogP contribution is 2.48. The number of carbonyl (C=O) groups is 1. The maximum absolute atomic E-state index is 12.8. The van der Waals surface area contributed by atoms with Gasteiger partial charge >= 0.3 is 0 Å². The number of rotatable bonds is 3. The zero-order chi connectivity index (χ0) is 17.2. The summed E-state index contributed by atoms with van der Waals surface area (Å²) in [6.07, 6.45) is 5.58. The first-order chi connectivity index (χ1) is 12.2. The average molecular weight is 337 g/mol. The van der Waals surface area contributed by atoms with E-state index in [1.54, 1.807) is 6.20 Å². The first-order valence-corrected chi connectivity index (χ1v) is 8.96. The maximum atomic E-state index is 12.8. The van der Waals surface area contributed by atoms with Crippen LogP contribution in [-0.4, -0.2) is 52.2 Å². The Hall–Kier alpha value is -2.50. The van der Waals surface area contributed by atoms with Gasteiger partial charge in [0.1, 0.15) is 0 Å². The third-order valence-corrected chi connectivity index (χ3v) is 5.14. The second-order valence-electron chi connectivity index (χ2n) is 6.93. The lowest BCUT2D eigenvalue weighted by molar-refractivity contribution is -0.132. The Bertz CT molecular complexity index is 733. The fourth-order valence-corrected chi connectivity index (χ4v) is 3.59. The number of aryl methyl sites for hydroxylation is 1. The highest BCUT2D eigenvalue weighted by Gasteiger charge is 2.45. The molecule has 2 aliphatic rings. The SMILES string of the molecule is Cc1ccc(N2CCCN(C(=O)[C@H]3C[C@H]3c3cccnc3)CC2)nn1. The van der Waals surface area contributed by atoms with Crippen molar-refractivity contribution in [3.8, 4) is 0 Å². The highest BCUT2D eigenvalue weighted by atomic mass is 16.2. The second-order valence-corrected chi connectivity index (χ2v) is 6.93. The number of aromatic nitrogens is 3. The summed E-state index contributed by atoms with van der Waals surface area (Å²) in [6, 6.07) is 8.02. The molecule has 1 amide bonds. The number of nitrogens with zero attached hydrogens (tertiary/aromatic N) is 5. The molecular formula is C19H23N5O. The molecule has 1 saturated heterocycles. The van der Waals surface area contributed by atoms with E-state index in [1.807, 2.05) is 36.2 Å². The summed E-state index contributed by atoms with van der Waals surface area (Å²) in [4.78, 5) is 21.3. The van der Waals surface area contributed by atoms with Crippen LogP contribution < -0.4 is 4.90 Å². The smallest absolute Gasteiger partial charge is 0.226 e. The van der Waals surface area contributed by atoms with Gasteiger partial charge in [0.05, 0.1) is 5.69 Å². The van der Waals surface area contributed by atoms with Crippen LogP contribution in [0, 0.1) is 12.8 Å². The minimum absolute atomic E-state index is 0.134. The molecule has 1 saturated carbocycles. The Morgan fingerprint density at radius 3 is 2.80 bits per heavy atom. The zero-order valence-electron chi connectivity index (χ0n) is 14.5. The van der Waals surface area contributed by atoms with Gasteiger partial charge in [-0.15, -0.1) is 5.10 Å². The Labute approximate surface area is 147 Å². The molecule has 3 heterocycles. The van der Waals surface area contributed by atoms with Crippen molar-refractivity contribution >= 4 is 11.7 Å². The average Bonchev–Trinajstić information content (AvgIpc) is 3.46. The van der Waals surface area contributed by atoms with Crippen LogP contribution in [-0.2, 0) is 4.79 Å². The van der Waals surface area contributed by atoms with Crippen LogP contribution in [0.2, 0.25) is 0 Å². The van der Waals surface area contributed by atoms with Crippen LogP contribution >= 0.6 is 0 Å². The molecule has 4 rings (SSSR count). The van der Waals surface area contributed by atoms with Gasteiger partial charge in [0.25, 0.3) is 0 Å². The first-order valence-electron chi connectivity index (χ1n) is 8.96. The molecule has 6 nitrogen and oxygen atoms in total. The van der Waals surface area contributed by atoms with Crippen molar-refractivity contribution in [1.29, 1.82) is 0 Å². The molecule has 0 unspecified atom stereocenters. The molecule has 2 aromatic heterocycles. The molecule has 1 aliphatic carbocycles. The normalized spacial score (nSPS) is 23.2. The Morgan fingerprint density at radius 2 is 2.04 bits per heavy atom. The molecule has 130 valence electrons. The van der Waals surface area contributed by atoms with Gasteiger partial charge in [0.15, 0.2) is 5.82 Å². The van der Waals surface area contributed by atoms with Crippen molar-refractivity contribution < 1.29 is 4.79 Å². The van der Waals surface area contributed by atoms with E-state index in [4.69, 9.17) is 0 Å². The van der Waals surface area contributed by atoms with Crippen LogP contribution in [0.4, 0.5) is 5.82 Å². The van der Waals surface area contributed by atoms with Crippen LogP contribution in [0.25, 0.3) is 0 Å². The van der Waals surface area contributed by atoms with E-state index in [2.05, 4.69) is 26.1 Å². The van der Waals surface area contributed by atoms with Crippen molar-refractivity contribution in [2.45, 2.75) is 25.7 Å². The summed E-state index contributed by atoms with van der Waals surface area (Å²) in [5.74, 6) is 1.68. The Balaban J connectivity index is 1.36. The summed E-state index contributed by atoms with van der Waals surface area (Å²) in [5.41, 5.74) is 2.11. The van der Waals surface area contributed by atoms with Gasteiger partial charge in [-0.1, -0.05) is 6.07 Å². The predicted octanol–water partition coefficient (Wildman–Crippen LogP) is 2.02. The second kappa shape index (κ2) is 6.78. The number of carbonyl (C=O) groups excluding carboxylic acids is 1. The molecule has 25 heavy (non-hydrogen) atoms. The largest absolute Gasteiger partial charge is 0.353 e. The molecule has 0 spiro atoms. The van der Waals surface area contributed by atoms with E-state index in [0.29, 0.717) is 11.8 Å². The van der Waals surface area contributed by atoms with Gasteiger partial charge in [0, 0.05) is 44.5 Å². The van der Waals surface area contributed by atoms with Crippen molar-refractivity contribution in [3.63, 3.8) is 0 Å². The summed E-state index contributed by atoms with van der Waals surface area (Å²) in [5, 5.41) is 8.42. The quantitative estimate of drug-likeness (QED) is 0.857. The first kappa shape index (κ1) is 16.0. The molecule has 2 atom stereocenters. The third-order valence-electron chi connectivity index (χ3n) is 5.14. The van der Waals surface area contributed by atoms with Gasteiger partial charge < -0.3 is 9.80 Å². The highest BCUT2D eigenvalue weighted by molar-refractivity contribution is 5.83. The number of pyridine rings is 1. The van der Waals surface area contributed by atoms with Crippen LogP contribution in [0.15, 0.2) is 36.7 Å². The molecule has 2 fully saturated rings. The fourth-order valence-electron chi connectivity index (χ4n) is 3.59. The van der Waals surface area contributed by atoms with Crippen LogP contribution in [0.3, 0.4) is 0 Å². The summed E-state index contributed by atoms with van der Waals surface area (Å²) < 4.78 is 0. The number of hydrogen-bond acceptors (Lipinski definition) is 5. The zero-order valence-corrected chi connectivity index (χ0v) is 14.5. The van der Waals surface area contributed by atoms with Gasteiger partial charge in [-0.05, 0) is 49.4 Å². The van der Waals surface area contributed by atoms with E-state index in [-0.39, 0.29) is 5.92 Å². The molecule has 0 bridgehead atoms. The van der Waals surface area contributed by atoms with Crippen molar-refractivity contribution in [2.24, 2.45) is 5.92 Å². The predicted molar refractivity (Wildman–Crippen MR) is 95.3 cm³/mol. The standard InChI is InChI=1S/C19H23N5O/c1-14-5-6-18(22-21-14)23-8-3-9-24(11-10-23)19(25)17-12-16(17)15-4-2-7-20-13-15/h2,4-7,13,16-17H,3,8-12H2,1H3/t16-,17-/m0/s1. The van der Waals surface area contributed by atoms with E-state index in [0.717, 1.165) is 50.5 Å². The lowest BCUT2D eigenvalue weighted by Crippen LogP contribution is -2.36. The van der Waals surface area contributed by atoms with Crippen molar-refractivity contribution in [3.05, 3.63) is 47.9 Å². The molecule has 0 radical (unpaired) electrons. The topological polar surface area (TPSA) is 62.2 Å². The van der Waals surface area contributed by atoms with Crippen molar-refractivity contribution in [1.82, 2.24) is 20.1 Å². The summed E-state index contributed by atoms with van der Waals surface area (Å²) in [7, 11) is 0. The molecular weight excluding hydrogens is 314 g/mol. The number of anilines is 1. The van der Waals surface area contributed by atoms with E-state index in [9.17, 15) is 4.79 Å². The van der Waals surface area contributed by atoms with Gasteiger partial charge in [0.2, 0.25) is 5.91 Å². The Kier molecular flexibility index (Phi) is 4.34. The molecule has 1 aliphatic heterocycles. The van der Waals surface area contributed by atoms with Crippen molar-refractivity contribution in [2.75, 3.05) is 31.1 Å². The lowest BCUT2D eigenvalue weighted by atomic mass is 10.1. The molecule has 0 aromatic carbocycles. The van der Waals surface area contributed by atoms with Gasteiger partial charge in [-0.25, -0.2) is 0 Å². The van der Waals surface area contributed by atoms with Gasteiger partial charge in [-0.3, -0.25) is 9.78 Å². The lowest BCUT2D eigenvalue weighted by Gasteiger charge is -2.22. The fraction of sp³-hybridized carbons (Fsp3) is 0.474. The third kappa shape index (κ3) is 3.48. The summed E-state index contributed by atoms with van der Waals surface area (Å²) >= 11 is 0. The maximum Gasteiger partial charge on any atom is 0.226 e. The van der Waals surface area contributed by atoms with E-state index >= 15 is 0 Å². The molecule has 0 N–H and O–H groups in total. The molecule has 2 aromatic rings. The summed E-state index contributed by atoms with van der Waals surface area (Å²) in [6.45, 7) is 5.25. The van der Waals surface area contributed by atoms with Crippen LogP contribution in [0.1, 0.15) is 30.0 Å². The minimum atomic E-state index is 0.134. The van der Waals surface area contributed by atoms with E-state index < -0.39 is 0 Å².